The van der Waals surface area contributed by atoms with Crippen molar-refractivity contribution in [3.05, 3.63) is 29.1 Å². The Morgan fingerprint density at radius 1 is 1.21 bits per heavy atom. The monoisotopic (exact) mass is 400 g/mol. The fourth-order valence-corrected chi connectivity index (χ4v) is 5.10. The third-order valence-corrected chi connectivity index (χ3v) is 6.45. The summed E-state index contributed by atoms with van der Waals surface area (Å²) in [6.45, 7) is 1.56. The Balaban J connectivity index is 1.50. The molecule has 4 saturated heterocycles. The second-order valence-electron chi connectivity index (χ2n) is 8.27. The predicted octanol–water partition coefficient (Wildman–Crippen LogP) is -0.194. The van der Waals surface area contributed by atoms with E-state index in [4.69, 9.17) is 0 Å². The Labute approximate surface area is 166 Å². The van der Waals surface area contributed by atoms with Crippen LogP contribution in [0, 0.1) is 5.82 Å². The number of hydrogen-bond donors (Lipinski definition) is 2. The van der Waals surface area contributed by atoms with E-state index in [0.717, 1.165) is 6.42 Å². The molecule has 9 heteroatoms. The van der Waals surface area contributed by atoms with E-state index >= 15 is 0 Å². The number of Topliss-reactive ketones (excluding diaryl/α,β-unsaturated/α-hetero) is 1. The number of halogens is 1. The first-order valence-electron chi connectivity index (χ1n) is 9.86. The van der Waals surface area contributed by atoms with Crippen LogP contribution in [0.2, 0.25) is 0 Å². The zero-order valence-corrected chi connectivity index (χ0v) is 15.7. The fraction of sp³-hybridized carbons (Fsp3) is 0.500. The van der Waals surface area contributed by atoms with Crippen LogP contribution in [0.15, 0.2) is 12.1 Å². The number of amides is 2. The molecule has 5 heterocycles. The summed E-state index contributed by atoms with van der Waals surface area (Å²) >= 11 is 0. The molecule has 1 aromatic carbocycles. The minimum atomic E-state index is -0.941. The van der Waals surface area contributed by atoms with Crippen molar-refractivity contribution in [1.82, 2.24) is 15.5 Å². The largest absolute Gasteiger partial charge is 0.366 e. The number of carbonyl (C=O) groups is 4. The lowest BCUT2D eigenvalue weighted by Gasteiger charge is -2.49. The van der Waals surface area contributed by atoms with Gasteiger partial charge in [-0.2, -0.15) is 0 Å². The van der Waals surface area contributed by atoms with Gasteiger partial charge in [-0.3, -0.25) is 29.4 Å². The van der Waals surface area contributed by atoms with Crippen LogP contribution in [0.3, 0.4) is 0 Å². The van der Waals surface area contributed by atoms with Gasteiger partial charge in [0.1, 0.15) is 11.9 Å². The summed E-state index contributed by atoms with van der Waals surface area (Å²) in [5.74, 6) is -1.88. The average Bonchev–Trinajstić information content (AvgIpc) is 3.04. The fourth-order valence-electron chi connectivity index (χ4n) is 5.10. The predicted molar refractivity (Wildman–Crippen MR) is 99.5 cm³/mol. The highest BCUT2D eigenvalue weighted by Crippen LogP contribution is 2.41. The summed E-state index contributed by atoms with van der Waals surface area (Å²) in [5, 5.41) is 5.69. The van der Waals surface area contributed by atoms with Gasteiger partial charge in [0.25, 0.3) is 0 Å². The first-order chi connectivity index (χ1) is 13.9. The number of piperidine rings is 2. The summed E-state index contributed by atoms with van der Waals surface area (Å²) in [6.07, 6.45) is 1.76. The summed E-state index contributed by atoms with van der Waals surface area (Å²) in [5.41, 5.74) is 1.58. The highest BCUT2D eigenvalue weighted by molar-refractivity contribution is 6.27. The molecule has 4 atom stereocenters. The number of imide groups is 1. The number of aldehydes is 1. The third kappa shape index (κ3) is 2.96. The Morgan fingerprint density at radius 3 is 2.59 bits per heavy atom. The van der Waals surface area contributed by atoms with Crippen LogP contribution in [0.1, 0.15) is 36.4 Å². The molecular formula is C20H21FN4O4. The van der Waals surface area contributed by atoms with Crippen molar-refractivity contribution in [2.24, 2.45) is 0 Å². The van der Waals surface area contributed by atoms with Crippen LogP contribution >= 0.6 is 0 Å². The molecule has 0 radical (unpaired) electrons. The molecule has 8 nitrogen and oxygen atoms in total. The van der Waals surface area contributed by atoms with Crippen molar-refractivity contribution < 1.29 is 23.6 Å². The van der Waals surface area contributed by atoms with Crippen molar-refractivity contribution in [3.63, 3.8) is 0 Å². The van der Waals surface area contributed by atoms with Gasteiger partial charge in [0, 0.05) is 38.1 Å². The Morgan fingerprint density at radius 2 is 1.93 bits per heavy atom. The number of hydrogen-bond acceptors (Lipinski definition) is 7. The van der Waals surface area contributed by atoms with E-state index in [1.165, 1.54) is 6.07 Å². The van der Waals surface area contributed by atoms with Crippen molar-refractivity contribution in [3.8, 4) is 0 Å². The van der Waals surface area contributed by atoms with Gasteiger partial charge in [0.05, 0.1) is 11.7 Å². The average molecular weight is 400 g/mol. The van der Waals surface area contributed by atoms with Crippen molar-refractivity contribution >= 4 is 29.6 Å². The van der Waals surface area contributed by atoms with E-state index in [1.54, 1.807) is 11.0 Å². The van der Waals surface area contributed by atoms with Crippen LogP contribution in [-0.4, -0.2) is 60.0 Å². The maximum Gasteiger partial charge on any atom is 0.243 e. The second-order valence-corrected chi connectivity index (χ2v) is 8.27. The molecule has 1 aromatic rings. The van der Waals surface area contributed by atoms with Gasteiger partial charge in [0.2, 0.25) is 17.6 Å². The van der Waals surface area contributed by atoms with Crippen molar-refractivity contribution in [2.45, 2.75) is 50.0 Å². The number of nitrogens with one attached hydrogen (secondary N) is 2. The molecule has 4 unspecified atom stereocenters. The first-order valence-corrected chi connectivity index (χ1v) is 9.86. The highest BCUT2D eigenvalue weighted by Gasteiger charge is 2.44. The Hall–Kier alpha value is -2.65. The van der Waals surface area contributed by atoms with E-state index in [-0.39, 0.29) is 37.4 Å². The zero-order chi connectivity index (χ0) is 20.3. The molecule has 0 spiro atoms. The molecule has 152 valence electrons. The van der Waals surface area contributed by atoms with Gasteiger partial charge >= 0.3 is 0 Å². The lowest BCUT2D eigenvalue weighted by atomic mass is 9.90. The molecule has 0 aromatic heterocycles. The number of ketones is 1. The lowest BCUT2D eigenvalue weighted by Crippen LogP contribution is -2.67. The van der Waals surface area contributed by atoms with Gasteiger partial charge in [-0.1, -0.05) is 0 Å². The van der Waals surface area contributed by atoms with Gasteiger partial charge in [-0.05, 0) is 36.1 Å². The molecule has 0 saturated carbocycles. The third-order valence-electron chi connectivity index (χ3n) is 6.45. The molecule has 2 bridgehead atoms. The van der Waals surface area contributed by atoms with E-state index < -0.39 is 23.8 Å². The summed E-state index contributed by atoms with van der Waals surface area (Å²) in [6, 6.07) is 2.10. The minimum Gasteiger partial charge on any atom is -0.366 e. The van der Waals surface area contributed by atoms with Gasteiger partial charge in [0.15, 0.2) is 6.29 Å². The summed E-state index contributed by atoms with van der Waals surface area (Å²) in [7, 11) is 0. The number of benzene rings is 1. The summed E-state index contributed by atoms with van der Waals surface area (Å²) < 4.78 is 14.9. The number of nitrogens with zero attached hydrogens (tertiary/aromatic N) is 2. The normalized spacial score (nSPS) is 31.1. The molecule has 5 aliphatic rings. The molecule has 29 heavy (non-hydrogen) atoms. The maximum absolute atomic E-state index is 14.9. The number of anilines is 1. The van der Waals surface area contributed by atoms with E-state index in [1.807, 2.05) is 4.90 Å². The standard InChI is InChI=1S/C20H21FN4O4/c21-14-3-10-6-25(15-1-2-18(28)23-20(15)29)19(17(27)9-26)13(10)5-16(14)24-7-11-4-12(8-24)22-11/h3,5,9,11-12,15,19,22H,1-2,4,6-8H2,(H,23,28,29). The Bertz CT molecular complexity index is 919. The van der Waals surface area contributed by atoms with E-state index in [0.29, 0.717) is 42.0 Å². The lowest BCUT2D eigenvalue weighted by molar-refractivity contribution is -0.141. The number of rotatable bonds is 4. The van der Waals surface area contributed by atoms with Gasteiger partial charge in [-0.25, -0.2) is 4.39 Å². The van der Waals surface area contributed by atoms with Crippen molar-refractivity contribution in [1.29, 1.82) is 0 Å². The smallest absolute Gasteiger partial charge is 0.243 e. The Kier molecular flexibility index (Phi) is 4.25. The molecule has 2 amide bonds. The maximum atomic E-state index is 14.9. The molecule has 0 aliphatic carbocycles. The van der Waals surface area contributed by atoms with Crippen LogP contribution in [-0.2, 0) is 25.7 Å². The molecule has 2 N–H and O–H groups in total. The quantitative estimate of drug-likeness (QED) is 0.411. The summed E-state index contributed by atoms with van der Waals surface area (Å²) in [4.78, 5) is 51.3. The molecular weight excluding hydrogens is 379 g/mol. The first kappa shape index (κ1) is 18.4. The molecule has 6 rings (SSSR count). The van der Waals surface area contributed by atoms with Crippen LogP contribution in [0.5, 0.6) is 0 Å². The number of carbonyl (C=O) groups excluding carboxylic acids is 4. The van der Waals surface area contributed by atoms with Crippen LogP contribution in [0.25, 0.3) is 0 Å². The van der Waals surface area contributed by atoms with E-state index in [2.05, 4.69) is 10.6 Å². The SMILES string of the molecule is O=CC(=O)C1c2cc(N3CC4CC(C3)N4)c(F)cc2CN1C1CCC(=O)NC1=O. The highest BCUT2D eigenvalue weighted by atomic mass is 19.1. The molecule has 4 fully saturated rings. The van der Waals surface area contributed by atoms with Gasteiger partial charge < -0.3 is 10.2 Å². The number of piperazine rings is 1. The van der Waals surface area contributed by atoms with Crippen LogP contribution in [0.4, 0.5) is 10.1 Å². The number of fused-ring (bicyclic) bond motifs is 3. The van der Waals surface area contributed by atoms with E-state index in [9.17, 15) is 23.6 Å². The van der Waals surface area contributed by atoms with Crippen molar-refractivity contribution in [2.75, 3.05) is 18.0 Å². The van der Waals surface area contributed by atoms with Gasteiger partial charge in [-0.15, -0.1) is 0 Å². The van der Waals surface area contributed by atoms with Crippen LogP contribution < -0.4 is 15.5 Å². The zero-order valence-electron chi connectivity index (χ0n) is 15.7. The topological polar surface area (TPSA) is 98.8 Å². The second kappa shape index (κ2) is 6.70. The minimum absolute atomic E-state index is 0.161. The molecule has 5 aliphatic heterocycles.